The number of esters is 1. The lowest BCUT2D eigenvalue weighted by atomic mass is 9.97. The fourth-order valence-electron chi connectivity index (χ4n) is 4.38. The molecule has 5 rings (SSSR count). The third-order valence-corrected chi connectivity index (χ3v) is 7.66. The molecule has 0 bridgehead atoms. The summed E-state index contributed by atoms with van der Waals surface area (Å²) in [7, 11) is 1.29. The van der Waals surface area contributed by atoms with Crippen molar-refractivity contribution in [2.75, 3.05) is 20.3 Å². The minimum atomic E-state index is -0.793. The molecule has 1 aliphatic heterocycles. The van der Waals surface area contributed by atoms with Gasteiger partial charge in [0.25, 0.3) is 5.56 Å². The average Bonchev–Trinajstić information content (AvgIpc) is 3.54. The standard InChI is InChI=1S/C29H24Cl2N2O6S/c1-4-37-23-10-6-16(12-24(23)38-5-2)26-20(28(35)36-3)15-32-29-33(26)27(34)25(40-29)14-18-8-11-22(39-18)19-13-17(30)7-9-21(19)31/h6-15,26H,4-5H2,1-3H3/b25-14-/t26-/m0/s1. The second kappa shape index (κ2) is 11.8. The lowest BCUT2D eigenvalue weighted by molar-refractivity contribution is -0.136. The predicted octanol–water partition coefficient (Wildman–Crippen LogP) is 5.38. The number of carbonyl (C=O) groups is 1. The summed E-state index contributed by atoms with van der Waals surface area (Å²) in [6.07, 6.45) is 3.07. The molecule has 11 heteroatoms. The highest BCUT2D eigenvalue weighted by atomic mass is 35.5. The van der Waals surface area contributed by atoms with Crippen molar-refractivity contribution in [3.63, 3.8) is 0 Å². The minimum absolute atomic E-state index is 0.212. The van der Waals surface area contributed by atoms with E-state index in [-0.39, 0.29) is 11.1 Å². The van der Waals surface area contributed by atoms with Crippen LogP contribution in [0.3, 0.4) is 0 Å². The number of hydrogen-bond acceptors (Lipinski definition) is 8. The Bertz CT molecular complexity index is 1800. The van der Waals surface area contributed by atoms with Gasteiger partial charge in [-0.2, -0.15) is 0 Å². The number of ether oxygens (including phenoxy) is 3. The molecule has 0 amide bonds. The van der Waals surface area contributed by atoms with E-state index in [1.165, 1.54) is 29.2 Å². The first-order valence-electron chi connectivity index (χ1n) is 12.4. The molecular weight excluding hydrogens is 575 g/mol. The van der Waals surface area contributed by atoms with Gasteiger partial charge in [0.15, 0.2) is 16.3 Å². The van der Waals surface area contributed by atoms with Gasteiger partial charge >= 0.3 is 5.97 Å². The molecule has 1 atom stereocenters. The van der Waals surface area contributed by atoms with Gasteiger partial charge in [0, 0.05) is 22.9 Å². The van der Waals surface area contributed by atoms with Crippen LogP contribution in [-0.4, -0.2) is 30.9 Å². The van der Waals surface area contributed by atoms with Gasteiger partial charge in [-0.1, -0.05) is 40.6 Å². The number of rotatable bonds is 8. The van der Waals surface area contributed by atoms with Crippen molar-refractivity contribution in [1.82, 2.24) is 4.57 Å². The van der Waals surface area contributed by atoms with Crippen molar-refractivity contribution >= 4 is 46.6 Å². The number of hydrogen-bond donors (Lipinski definition) is 0. The quantitative estimate of drug-likeness (QED) is 0.253. The summed E-state index contributed by atoms with van der Waals surface area (Å²) in [5.74, 6) is 1.43. The number of nitrogens with zero attached hydrogens (tertiary/aromatic N) is 2. The largest absolute Gasteiger partial charge is 0.490 e. The van der Waals surface area contributed by atoms with E-state index in [4.69, 9.17) is 41.8 Å². The van der Waals surface area contributed by atoms with Crippen molar-refractivity contribution in [3.05, 3.63) is 101 Å². The SMILES string of the molecule is CCOc1ccc([C@H]2C(C(=O)OC)=CN=c3s/c(=C\c4ccc(-c5cc(Cl)ccc5Cl)o4)c(=O)n32)cc1OCC. The summed E-state index contributed by atoms with van der Waals surface area (Å²) < 4.78 is 24.3. The van der Waals surface area contributed by atoms with Crippen LogP contribution >= 0.6 is 34.5 Å². The van der Waals surface area contributed by atoms with E-state index in [1.807, 2.05) is 13.8 Å². The molecule has 4 aromatic rings. The molecule has 3 heterocycles. The zero-order valence-electron chi connectivity index (χ0n) is 21.8. The lowest BCUT2D eigenvalue weighted by Crippen LogP contribution is -2.39. The van der Waals surface area contributed by atoms with E-state index in [0.717, 1.165) is 0 Å². The number of methoxy groups -OCH3 is 1. The fourth-order valence-corrected chi connectivity index (χ4v) is 5.71. The Morgan fingerprint density at radius 2 is 1.85 bits per heavy atom. The van der Waals surface area contributed by atoms with Crippen LogP contribution in [0.1, 0.15) is 31.2 Å². The molecule has 0 fully saturated rings. The summed E-state index contributed by atoms with van der Waals surface area (Å²) in [4.78, 5) is 31.4. The molecule has 0 aliphatic carbocycles. The van der Waals surface area contributed by atoms with Crippen LogP contribution in [0.25, 0.3) is 17.4 Å². The van der Waals surface area contributed by atoms with Crippen molar-refractivity contribution in [3.8, 4) is 22.8 Å². The Labute approximate surface area is 243 Å². The molecule has 0 unspecified atom stereocenters. The number of furan rings is 1. The van der Waals surface area contributed by atoms with Crippen molar-refractivity contribution in [2.24, 2.45) is 4.99 Å². The summed E-state index contributed by atoms with van der Waals surface area (Å²) in [6.45, 7) is 4.62. The van der Waals surface area contributed by atoms with Crippen LogP contribution in [0.15, 0.2) is 74.5 Å². The van der Waals surface area contributed by atoms with Gasteiger partial charge in [0.2, 0.25) is 0 Å². The van der Waals surface area contributed by atoms with Crippen molar-refractivity contribution in [1.29, 1.82) is 0 Å². The van der Waals surface area contributed by atoms with E-state index < -0.39 is 12.0 Å². The highest BCUT2D eigenvalue weighted by molar-refractivity contribution is 7.07. The van der Waals surface area contributed by atoms with Gasteiger partial charge in [-0.05, 0) is 61.9 Å². The van der Waals surface area contributed by atoms with Crippen LogP contribution in [0.5, 0.6) is 11.5 Å². The molecule has 2 aromatic heterocycles. The summed E-state index contributed by atoms with van der Waals surface area (Å²) in [5, 5.41) is 1.01. The number of fused-ring (bicyclic) bond motifs is 1. The van der Waals surface area contributed by atoms with E-state index in [0.29, 0.717) is 66.7 Å². The second-order valence-corrected chi connectivity index (χ2v) is 10.4. The molecule has 0 radical (unpaired) electrons. The minimum Gasteiger partial charge on any atom is -0.490 e. The zero-order valence-corrected chi connectivity index (χ0v) is 24.1. The summed E-state index contributed by atoms with van der Waals surface area (Å²) >= 11 is 13.6. The smallest absolute Gasteiger partial charge is 0.337 e. The van der Waals surface area contributed by atoms with E-state index >= 15 is 0 Å². The molecule has 0 saturated heterocycles. The van der Waals surface area contributed by atoms with Crippen LogP contribution in [0.4, 0.5) is 0 Å². The lowest BCUT2D eigenvalue weighted by Gasteiger charge is -2.23. The van der Waals surface area contributed by atoms with Crippen molar-refractivity contribution < 1.29 is 23.4 Å². The van der Waals surface area contributed by atoms with Gasteiger partial charge in [0.1, 0.15) is 11.5 Å². The van der Waals surface area contributed by atoms with Gasteiger partial charge in [-0.15, -0.1) is 0 Å². The van der Waals surface area contributed by atoms with Crippen LogP contribution in [-0.2, 0) is 9.53 Å². The van der Waals surface area contributed by atoms with E-state index in [9.17, 15) is 9.59 Å². The molecular formula is C29H24Cl2N2O6S. The fraction of sp³-hybridized carbons (Fsp3) is 0.207. The first-order chi connectivity index (χ1) is 19.3. The Balaban J connectivity index is 1.62. The zero-order chi connectivity index (χ0) is 28.4. The normalized spacial score (nSPS) is 14.8. The van der Waals surface area contributed by atoms with Gasteiger partial charge < -0.3 is 18.6 Å². The molecule has 0 spiro atoms. The Hall–Kier alpha value is -3.79. The molecule has 206 valence electrons. The monoisotopic (exact) mass is 598 g/mol. The average molecular weight is 599 g/mol. The maximum absolute atomic E-state index is 13.8. The molecule has 40 heavy (non-hydrogen) atoms. The molecule has 0 N–H and O–H groups in total. The Morgan fingerprint density at radius 1 is 1.07 bits per heavy atom. The Kier molecular flexibility index (Phi) is 8.16. The third kappa shape index (κ3) is 5.32. The molecule has 8 nitrogen and oxygen atoms in total. The number of aromatic nitrogens is 1. The molecule has 1 aliphatic rings. The highest BCUT2D eigenvalue weighted by Crippen LogP contribution is 2.35. The summed E-state index contributed by atoms with van der Waals surface area (Å²) in [6, 6.07) is 13.1. The van der Waals surface area contributed by atoms with Gasteiger partial charge in [0.05, 0.1) is 41.5 Å². The van der Waals surface area contributed by atoms with Gasteiger partial charge in [-0.3, -0.25) is 9.36 Å². The molecule has 2 aromatic carbocycles. The van der Waals surface area contributed by atoms with Crippen molar-refractivity contribution in [2.45, 2.75) is 19.9 Å². The maximum Gasteiger partial charge on any atom is 0.337 e. The molecule has 0 saturated carbocycles. The predicted molar refractivity (Wildman–Crippen MR) is 154 cm³/mol. The highest BCUT2D eigenvalue weighted by Gasteiger charge is 2.31. The number of carbonyl (C=O) groups excluding carboxylic acids is 1. The van der Waals surface area contributed by atoms with Crippen LogP contribution < -0.4 is 24.4 Å². The maximum atomic E-state index is 13.8. The number of halogens is 2. The Morgan fingerprint density at radius 3 is 2.60 bits per heavy atom. The topological polar surface area (TPSA) is 92.3 Å². The number of thiazole rings is 1. The first-order valence-corrected chi connectivity index (χ1v) is 14.0. The van der Waals surface area contributed by atoms with Gasteiger partial charge in [-0.25, -0.2) is 9.79 Å². The third-order valence-electron chi connectivity index (χ3n) is 6.10. The van der Waals surface area contributed by atoms with E-state index in [2.05, 4.69) is 4.99 Å². The number of benzene rings is 2. The summed E-state index contributed by atoms with van der Waals surface area (Å²) in [5.41, 5.74) is 1.15. The van der Waals surface area contributed by atoms with Crippen LogP contribution in [0.2, 0.25) is 10.0 Å². The second-order valence-electron chi connectivity index (χ2n) is 8.57. The van der Waals surface area contributed by atoms with Crippen LogP contribution in [0, 0.1) is 0 Å². The first kappa shape index (κ1) is 27.8. The van der Waals surface area contributed by atoms with E-state index in [1.54, 1.807) is 54.6 Å².